The minimum atomic E-state index is -0.464. The van der Waals surface area contributed by atoms with Gasteiger partial charge in [-0.1, -0.05) is 48.5 Å². The van der Waals surface area contributed by atoms with Crippen LogP contribution in [0.15, 0.2) is 60.8 Å². The van der Waals surface area contributed by atoms with Gasteiger partial charge in [0.1, 0.15) is 0 Å². The van der Waals surface area contributed by atoms with Crippen LogP contribution in [0, 0.1) is 0 Å². The van der Waals surface area contributed by atoms with Crippen molar-refractivity contribution in [2.24, 2.45) is 0 Å². The van der Waals surface area contributed by atoms with Crippen LogP contribution in [0.1, 0.15) is 28.9 Å². The maximum atomic E-state index is 13.2. The van der Waals surface area contributed by atoms with E-state index in [1.165, 1.54) is 6.92 Å². The van der Waals surface area contributed by atoms with Crippen molar-refractivity contribution in [2.75, 3.05) is 13.1 Å². The molecule has 1 heterocycles. The quantitative estimate of drug-likeness (QED) is 0.459. The summed E-state index contributed by atoms with van der Waals surface area (Å²) in [6, 6.07) is 16.9. The minimum Gasteiger partial charge on any atom is -0.360 e. The van der Waals surface area contributed by atoms with Gasteiger partial charge in [0.2, 0.25) is 5.91 Å². The van der Waals surface area contributed by atoms with Gasteiger partial charge in [-0.3, -0.25) is 9.59 Å². The molecule has 0 fully saturated rings. The van der Waals surface area contributed by atoms with Crippen molar-refractivity contribution in [3.05, 3.63) is 71.9 Å². The molecule has 0 spiro atoms. The molecule has 25 heavy (non-hydrogen) atoms. The van der Waals surface area contributed by atoms with E-state index in [0.29, 0.717) is 18.7 Å². The number of amides is 1. The third-order valence-electron chi connectivity index (χ3n) is 4.10. The lowest BCUT2D eigenvalue weighted by Crippen LogP contribution is -2.35. The first-order valence-corrected chi connectivity index (χ1v) is 8.30. The van der Waals surface area contributed by atoms with Crippen LogP contribution in [-0.2, 0) is 4.79 Å². The molecule has 3 aromatic rings. The fraction of sp³-hybridized carbons (Fsp3) is 0.200. The van der Waals surface area contributed by atoms with E-state index in [-0.39, 0.29) is 11.7 Å². The molecule has 0 bridgehead atoms. The highest BCUT2D eigenvalue weighted by atomic mass is 16.1. The molecule has 3 N–H and O–H groups in total. The van der Waals surface area contributed by atoms with Crippen LogP contribution in [-0.4, -0.2) is 29.8 Å². The van der Waals surface area contributed by atoms with Gasteiger partial charge in [-0.25, -0.2) is 0 Å². The fourth-order valence-corrected chi connectivity index (χ4v) is 2.89. The largest absolute Gasteiger partial charge is 0.360 e. The van der Waals surface area contributed by atoms with Crippen molar-refractivity contribution in [1.82, 2.24) is 15.6 Å². The van der Waals surface area contributed by atoms with E-state index in [1.54, 1.807) is 6.20 Å². The number of benzene rings is 2. The molecule has 5 heteroatoms. The lowest BCUT2D eigenvalue weighted by molar-refractivity contribution is -0.118. The number of hydrogen-bond acceptors (Lipinski definition) is 3. The van der Waals surface area contributed by atoms with E-state index < -0.39 is 6.04 Å². The summed E-state index contributed by atoms with van der Waals surface area (Å²) in [6.45, 7) is 2.46. The SMILES string of the molecule is CC(=O)NCCN[C@@H](C(=O)c1c[nH]c2ccccc12)c1ccccc1. The maximum Gasteiger partial charge on any atom is 0.216 e. The van der Waals surface area contributed by atoms with Crippen LogP contribution >= 0.6 is 0 Å². The molecule has 128 valence electrons. The fourth-order valence-electron chi connectivity index (χ4n) is 2.89. The highest BCUT2D eigenvalue weighted by molar-refractivity contribution is 6.10. The average molecular weight is 335 g/mol. The summed E-state index contributed by atoms with van der Waals surface area (Å²) in [5.74, 6) is -0.0764. The van der Waals surface area contributed by atoms with E-state index in [9.17, 15) is 9.59 Å². The molecule has 1 atom stereocenters. The number of ketones is 1. The lowest BCUT2D eigenvalue weighted by Gasteiger charge is -2.18. The van der Waals surface area contributed by atoms with Crippen molar-refractivity contribution >= 4 is 22.6 Å². The van der Waals surface area contributed by atoms with Gasteiger partial charge in [0.25, 0.3) is 0 Å². The summed E-state index contributed by atoms with van der Waals surface area (Å²) in [4.78, 5) is 27.3. The number of nitrogens with one attached hydrogen (secondary N) is 3. The molecule has 0 radical (unpaired) electrons. The first-order chi connectivity index (χ1) is 12.2. The third kappa shape index (κ3) is 3.95. The molecule has 2 aromatic carbocycles. The van der Waals surface area contributed by atoms with Gasteiger partial charge in [-0.2, -0.15) is 0 Å². The predicted molar refractivity (Wildman–Crippen MR) is 98.5 cm³/mol. The number of rotatable bonds is 7. The summed E-state index contributed by atoms with van der Waals surface area (Å²) >= 11 is 0. The Morgan fingerprint density at radius 2 is 1.72 bits per heavy atom. The molecule has 0 aliphatic rings. The smallest absolute Gasteiger partial charge is 0.216 e. The number of hydrogen-bond donors (Lipinski definition) is 3. The molecule has 3 rings (SSSR count). The number of H-pyrrole nitrogens is 1. The van der Waals surface area contributed by atoms with Crippen LogP contribution in [0.4, 0.5) is 0 Å². The Morgan fingerprint density at radius 3 is 2.48 bits per heavy atom. The standard InChI is InChI=1S/C20H21N3O2/c1-14(24)21-11-12-22-19(15-7-3-2-4-8-15)20(25)17-13-23-18-10-6-5-9-16(17)18/h2-10,13,19,22-23H,11-12H2,1H3,(H,21,24)/t19-/m1/s1. The van der Waals surface area contributed by atoms with Crippen molar-refractivity contribution in [3.63, 3.8) is 0 Å². The normalized spacial score (nSPS) is 12.0. The van der Waals surface area contributed by atoms with Crippen molar-refractivity contribution in [2.45, 2.75) is 13.0 Å². The molecule has 1 amide bonds. The van der Waals surface area contributed by atoms with Gasteiger partial charge in [-0.05, 0) is 11.6 Å². The Morgan fingerprint density at radius 1 is 1.00 bits per heavy atom. The Hall–Kier alpha value is -2.92. The predicted octanol–water partition coefficient (Wildman–Crippen LogP) is 2.82. The molecule has 0 aliphatic carbocycles. The molecule has 0 unspecified atom stereocenters. The van der Waals surface area contributed by atoms with Gasteiger partial charge < -0.3 is 15.6 Å². The zero-order chi connectivity index (χ0) is 17.6. The van der Waals surface area contributed by atoms with Crippen LogP contribution in [0.3, 0.4) is 0 Å². The topological polar surface area (TPSA) is 74.0 Å². The van der Waals surface area contributed by atoms with Crippen LogP contribution < -0.4 is 10.6 Å². The maximum absolute atomic E-state index is 13.2. The summed E-state index contributed by atoms with van der Waals surface area (Å²) in [7, 11) is 0. The zero-order valence-electron chi connectivity index (χ0n) is 14.1. The first kappa shape index (κ1) is 16.9. The molecule has 0 saturated carbocycles. The van der Waals surface area contributed by atoms with Gasteiger partial charge >= 0.3 is 0 Å². The third-order valence-corrected chi connectivity index (χ3v) is 4.10. The average Bonchev–Trinajstić information content (AvgIpc) is 3.06. The Kier molecular flexibility index (Phi) is 5.26. The van der Waals surface area contributed by atoms with Gasteiger partial charge in [0, 0.05) is 42.7 Å². The summed E-state index contributed by atoms with van der Waals surface area (Å²) < 4.78 is 0. The highest BCUT2D eigenvalue weighted by Crippen LogP contribution is 2.24. The zero-order valence-corrected chi connectivity index (χ0v) is 14.1. The lowest BCUT2D eigenvalue weighted by atomic mass is 9.97. The highest BCUT2D eigenvalue weighted by Gasteiger charge is 2.23. The number of aromatic amines is 1. The number of aromatic nitrogens is 1. The molecular formula is C20H21N3O2. The summed E-state index contributed by atoms with van der Waals surface area (Å²) in [5, 5.41) is 6.92. The second-order valence-electron chi connectivity index (χ2n) is 5.89. The van der Waals surface area contributed by atoms with E-state index >= 15 is 0 Å². The second kappa shape index (κ2) is 7.77. The molecule has 5 nitrogen and oxygen atoms in total. The van der Waals surface area contributed by atoms with E-state index in [4.69, 9.17) is 0 Å². The van der Waals surface area contributed by atoms with E-state index in [1.807, 2.05) is 54.6 Å². The number of carbonyl (C=O) groups excluding carboxylic acids is 2. The Bertz CT molecular complexity index is 871. The van der Waals surface area contributed by atoms with Crippen LogP contribution in [0.25, 0.3) is 10.9 Å². The Labute approximate surface area is 146 Å². The number of fused-ring (bicyclic) bond motifs is 1. The van der Waals surface area contributed by atoms with E-state index in [0.717, 1.165) is 16.5 Å². The first-order valence-electron chi connectivity index (χ1n) is 8.30. The molecular weight excluding hydrogens is 314 g/mol. The minimum absolute atomic E-state index is 0.00600. The number of para-hydroxylation sites is 1. The van der Waals surface area contributed by atoms with Crippen molar-refractivity contribution < 1.29 is 9.59 Å². The number of carbonyl (C=O) groups is 2. The van der Waals surface area contributed by atoms with Crippen molar-refractivity contribution in [3.8, 4) is 0 Å². The molecule has 1 aromatic heterocycles. The molecule has 0 aliphatic heterocycles. The van der Waals surface area contributed by atoms with Crippen molar-refractivity contribution in [1.29, 1.82) is 0 Å². The van der Waals surface area contributed by atoms with Crippen LogP contribution in [0.2, 0.25) is 0 Å². The van der Waals surface area contributed by atoms with E-state index in [2.05, 4.69) is 15.6 Å². The monoisotopic (exact) mass is 335 g/mol. The van der Waals surface area contributed by atoms with Gasteiger partial charge in [-0.15, -0.1) is 0 Å². The van der Waals surface area contributed by atoms with Gasteiger partial charge in [0.15, 0.2) is 5.78 Å². The molecule has 0 saturated heterocycles. The second-order valence-corrected chi connectivity index (χ2v) is 5.89. The Balaban J connectivity index is 1.85. The van der Waals surface area contributed by atoms with Gasteiger partial charge in [0.05, 0.1) is 6.04 Å². The number of Topliss-reactive ketones (excluding diaryl/α,β-unsaturated/α-hetero) is 1. The summed E-state index contributed by atoms with van der Waals surface area (Å²) in [5.41, 5.74) is 2.51. The summed E-state index contributed by atoms with van der Waals surface area (Å²) in [6.07, 6.45) is 1.76. The van der Waals surface area contributed by atoms with Crippen LogP contribution in [0.5, 0.6) is 0 Å².